The molecule has 5 nitrogen and oxygen atoms in total. The van der Waals surface area contributed by atoms with Crippen LogP contribution in [0.15, 0.2) is 42.6 Å². The first-order valence-electron chi connectivity index (χ1n) is 7.87. The molecule has 1 atom stereocenters. The van der Waals surface area contributed by atoms with Gasteiger partial charge in [-0.15, -0.1) is 0 Å². The highest BCUT2D eigenvalue weighted by Gasteiger charge is 2.19. The maximum Gasteiger partial charge on any atom is 0.340 e. The van der Waals surface area contributed by atoms with E-state index >= 15 is 0 Å². The summed E-state index contributed by atoms with van der Waals surface area (Å²) in [4.78, 5) is 12.2. The first-order chi connectivity index (χ1) is 11.7. The lowest BCUT2D eigenvalue weighted by Crippen LogP contribution is -2.13. The van der Waals surface area contributed by atoms with E-state index in [1.165, 1.54) is 7.11 Å². The number of benzene rings is 1. The van der Waals surface area contributed by atoms with E-state index in [-0.39, 0.29) is 5.97 Å². The number of rotatable bonds is 5. The van der Waals surface area contributed by atoms with E-state index in [4.69, 9.17) is 9.47 Å². The summed E-state index contributed by atoms with van der Waals surface area (Å²) in [6.07, 6.45) is 2.97. The number of esters is 1. The van der Waals surface area contributed by atoms with Crippen molar-refractivity contribution in [2.75, 3.05) is 7.11 Å². The zero-order valence-corrected chi connectivity index (χ0v) is 13.7. The van der Waals surface area contributed by atoms with Crippen LogP contribution in [0.5, 0.6) is 5.75 Å². The molecule has 0 bridgehead atoms. The molecule has 2 aromatic heterocycles. The number of aromatic nitrogens is 1. The average molecular weight is 322 g/mol. The molecule has 122 valence electrons. The minimum atomic E-state index is -0.473. The molecule has 3 rings (SSSR count). The van der Waals surface area contributed by atoms with Crippen molar-refractivity contribution in [1.29, 1.82) is 5.26 Å². The Kier molecular flexibility index (Phi) is 4.39. The average Bonchev–Trinajstić information content (AvgIpc) is 2.94. The van der Waals surface area contributed by atoms with Gasteiger partial charge < -0.3 is 13.9 Å². The number of hydrogen-bond acceptors (Lipinski definition) is 4. The van der Waals surface area contributed by atoms with Gasteiger partial charge in [0.1, 0.15) is 11.8 Å². The van der Waals surface area contributed by atoms with Crippen LogP contribution in [0.3, 0.4) is 0 Å². The lowest BCUT2D eigenvalue weighted by Gasteiger charge is -2.11. The molecule has 0 saturated carbocycles. The predicted octanol–water partition coefficient (Wildman–Crippen LogP) is 3.95. The van der Waals surface area contributed by atoms with E-state index < -0.39 is 6.10 Å². The number of carbonyl (C=O) groups excluding carboxylic acids is 1. The number of nitriles is 1. The fourth-order valence-corrected chi connectivity index (χ4v) is 2.88. The molecule has 0 aliphatic carbocycles. The van der Waals surface area contributed by atoms with Gasteiger partial charge in [0.05, 0.1) is 23.7 Å². The molecule has 0 aliphatic heterocycles. The number of carbonyl (C=O) groups is 1. The van der Waals surface area contributed by atoms with Crippen LogP contribution < -0.4 is 4.74 Å². The maximum absolute atomic E-state index is 12.2. The van der Waals surface area contributed by atoms with Crippen molar-refractivity contribution in [2.45, 2.75) is 25.9 Å². The summed E-state index contributed by atoms with van der Waals surface area (Å²) in [5.41, 5.74) is 2.16. The number of hydrogen-bond donors (Lipinski definition) is 0. The lowest BCUT2D eigenvalue weighted by molar-refractivity contribution is 0.0605. The summed E-state index contributed by atoms with van der Waals surface area (Å²) >= 11 is 0. The van der Waals surface area contributed by atoms with Crippen LogP contribution in [0, 0.1) is 11.3 Å². The Morgan fingerprint density at radius 3 is 2.83 bits per heavy atom. The highest BCUT2D eigenvalue weighted by molar-refractivity contribution is 6.11. The first kappa shape index (κ1) is 15.9. The molecule has 1 unspecified atom stereocenters. The largest absolute Gasteiger partial charge is 0.476 e. The predicted molar refractivity (Wildman–Crippen MR) is 91.2 cm³/mol. The molecule has 3 aromatic rings. The van der Waals surface area contributed by atoms with Crippen molar-refractivity contribution in [1.82, 2.24) is 4.40 Å². The summed E-state index contributed by atoms with van der Waals surface area (Å²) in [6, 6.07) is 13.3. The van der Waals surface area contributed by atoms with Gasteiger partial charge in [-0.2, -0.15) is 5.26 Å². The van der Waals surface area contributed by atoms with Crippen molar-refractivity contribution in [3.8, 4) is 11.8 Å². The van der Waals surface area contributed by atoms with Crippen LogP contribution in [0.4, 0.5) is 0 Å². The van der Waals surface area contributed by atoms with Gasteiger partial charge in [0, 0.05) is 17.6 Å². The number of methoxy groups -OCH3 is 1. The van der Waals surface area contributed by atoms with Crippen molar-refractivity contribution in [3.63, 3.8) is 0 Å². The van der Waals surface area contributed by atoms with Gasteiger partial charge in [-0.25, -0.2) is 4.79 Å². The zero-order valence-electron chi connectivity index (χ0n) is 13.7. The molecular formula is C19H18N2O3. The molecular weight excluding hydrogens is 304 g/mol. The third kappa shape index (κ3) is 2.67. The highest BCUT2D eigenvalue weighted by Crippen LogP contribution is 2.30. The lowest BCUT2D eigenvalue weighted by atomic mass is 10.1. The smallest absolute Gasteiger partial charge is 0.340 e. The Labute approximate surface area is 140 Å². The van der Waals surface area contributed by atoms with E-state index in [9.17, 15) is 10.1 Å². The zero-order chi connectivity index (χ0) is 17.1. The SMILES string of the molecule is CCCC(C#N)Oc1ccc2c(C(=O)OC)c3ccccn3c2c1. The first-order valence-corrected chi connectivity index (χ1v) is 7.87. The number of pyridine rings is 1. The summed E-state index contributed by atoms with van der Waals surface area (Å²) in [7, 11) is 1.38. The fourth-order valence-electron chi connectivity index (χ4n) is 2.88. The van der Waals surface area contributed by atoms with E-state index in [2.05, 4.69) is 6.07 Å². The molecule has 0 N–H and O–H groups in total. The molecule has 0 spiro atoms. The molecule has 0 saturated heterocycles. The van der Waals surface area contributed by atoms with Crippen molar-refractivity contribution in [2.24, 2.45) is 0 Å². The number of fused-ring (bicyclic) bond motifs is 3. The van der Waals surface area contributed by atoms with E-state index in [1.54, 1.807) is 6.07 Å². The Bertz CT molecular complexity index is 937. The Hall–Kier alpha value is -3.00. The summed E-state index contributed by atoms with van der Waals surface area (Å²) < 4.78 is 12.6. The van der Waals surface area contributed by atoms with Gasteiger partial charge in [0.25, 0.3) is 0 Å². The molecule has 0 fully saturated rings. The summed E-state index contributed by atoms with van der Waals surface area (Å²) in [5, 5.41) is 9.97. The van der Waals surface area contributed by atoms with Crippen molar-refractivity contribution < 1.29 is 14.3 Å². The minimum Gasteiger partial charge on any atom is -0.476 e. The third-order valence-electron chi connectivity index (χ3n) is 3.98. The second-order valence-corrected chi connectivity index (χ2v) is 5.53. The van der Waals surface area contributed by atoms with E-state index in [0.29, 0.717) is 17.7 Å². The van der Waals surface area contributed by atoms with Crippen LogP contribution in [0.25, 0.3) is 16.4 Å². The summed E-state index contributed by atoms with van der Waals surface area (Å²) in [5.74, 6) is 0.241. The molecule has 5 heteroatoms. The Morgan fingerprint density at radius 1 is 1.29 bits per heavy atom. The van der Waals surface area contributed by atoms with Crippen LogP contribution in [-0.4, -0.2) is 23.6 Å². The molecule has 0 radical (unpaired) electrons. The Balaban J connectivity index is 2.15. The highest BCUT2D eigenvalue weighted by atomic mass is 16.5. The van der Waals surface area contributed by atoms with Gasteiger partial charge in [0.2, 0.25) is 0 Å². The van der Waals surface area contributed by atoms with E-state index in [1.807, 2.05) is 47.9 Å². The molecule has 0 aliphatic rings. The normalized spacial score (nSPS) is 12.0. The van der Waals surface area contributed by atoms with Gasteiger partial charge in [-0.1, -0.05) is 19.4 Å². The van der Waals surface area contributed by atoms with E-state index in [0.717, 1.165) is 22.8 Å². The van der Waals surface area contributed by atoms with Crippen LogP contribution >= 0.6 is 0 Å². The quantitative estimate of drug-likeness (QED) is 0.667. The minimum absolute atomic E-state index is 0.372. The van der Waals surface area contributed by atoms with Crippen LogP contribution in [-0.2, 0) is 4.74 Å². The molecule has 1 aromatic carbocycles. The van der Waals surface area contributed by atoms with Crippen molar-refractivity contribution in [3.05, 3.63) is 48.2 Å². The van der Waals surface area contributed by atoms with Gasteiger partial charge in [0.15, 0.2) is 6.10 Å². The second-order valence-electron chi connectivity index (χ2n) is 5.53. The van der Waals surface area contributed by atoms with Crippen molar-refractivity contribution >= 4 is 22.4 Å². The topological polar surface area (TPSA) is 63.7 Å². The summed E-state index contributed by atoms with van der Waals surface area (Å²) in [6.45, 7) is 2.01. The monoisotopic (exact) mass is 322 g/mol. The van der Waals surface area contributed by atoms with Gasteiger partial charge in [-0.3, -0.25) is 0 Å². The molecule has 24 heavy (non-hydrogen) atoms. The standard InChI is InChI=1S/C19H18N2O3/c1-3-6-14(12-20)24-13-8-9-15-17(11-13)21-10-5-4-7-16(21)18(15)19(22)23-2/h4-5,7-11,14H,3,6H2,1-2H3. The number of ether oxygens (including phenoxy) is 2. The fraction of sp³-hybridized carbons (Fsp3) is 0.263. The maximum atomic E-state index is 12.2. The second kappa shape index (κ2) is 6.63. The van der Waals surface area contributed by atoms with Gasteiger partial charge >= 0.3 is 5.97 Å². The van der Waals surface area contributed by atoms with Crippen LogP contribution in [0.2, 0.25) is 0 Å². The molecule has 2 heterocycles. The third-order valence-corrected chi connectivity index (χ3v) is 3.98. The Morgan fingerprint density at radius 2 is 2.12 bits per heavy atom. The van der Waals surface area contributed by atoms with Crippen LogP contribution in [0.1, 0.15) is 30.1 Å². The number of nitrogens with zero attached hydrogens (tertiary/aromatic N) is 2. The van der Waals surface area contributed by atoms with Gasteiger partial charge in [-0.05, 0) is 30.7 Å². The molecule has 0 amide bonds.